The fourth-order valence-corrected chi connectivity index (χ4v) is 9.46. The van der Waals surface area contributed by atoms with Gasteiger partial charge in [0.25, 0.3) is 0 Å². The van der Waals surface area contributed by atoms with Crippen molar-refractivity contribution in [3.05, 3.63) is 0 Å². The number of carboxylic acid groups (broad SMARTS) is 1. The predicted molar refractivity (Wildman–Crippen MR) is 117 cm³/mol. The highest BCUT2D eigenvalue weighted by molar-refractivity contribution is 5.66. The lowest BCUT2D eigenvalue weighted by Crippen LogP contribution is -2.62. The molecule has 0 aromatic rings. The van der Waals surface area contributed by atoms with Gasteiger partial charge < -0.3 is 10.2 Å². The lowest BCUT2D eigenvalue weighted by Gasteiger charge is -2.64. The molecule has 0 saturated heterocycles. The van der Waals surface area contributed by atoms with Crippen LogP contribution in [0.5, 0.6) is 0 Å². The highest BCUT2D eigenvalue weighted by atomic mass is 19.1. The molecule has 1 unspecified atom stereocenters. The number of alkyl halides is 1. The molecule has 0 radical (unpaired) electrons. The third-order valence-electron chi connectivity index (χ3n) is 10.9. The van der Waals surface area contributed by atoms with Gasteiger partial charge in [-0.1, -0.05) is 34.1 Å². The van der Waals surface area contributed by atoms with Crippen LogP contribution in [0.3, 0.4) is 0 Å². The number of aliphatic carboxylic acids is 1. The van der Waals surface area contributed by atoms with E-state index in [-0.39, 0.29) is 29.3 Å². The first-order chi connectivity index (χ1) is 14.1. The summed E-state index contributed by atoms with van der Waals surface area (Å²) in [6.07, 6.45) is 7.95. The van der Waals surface area contributed by atoms with Gasteiger partial charge in [-0.25, -0.2) is 4.39 Å². The predicted octanol–water partition coefficient (Wildman–Crippen LogP) is 6.09. The van der Waals surface area contributed by atoms with Gasteiger partial charge in [-0.3, -0.25) is 4.79 Å². The van der Waals surface area contributed by atoms with Crippen molar-refractivity contribution in [2.24, 2.45) is 52.3 Å². The van der Waals surface area contributed by atoms with Crippen LogP contribution in [-0.2, 0) is 4.79 Å². The van der Waals surface area contributed by atoms with Crippen LogP contribution in [0, 0.1) is 52.3 Å². The zero-order chi connectivity index (χ0) is 21.8. The molecule has 0 bridgehead atoms. The second-order valence-electron chi connectivity index (χ2n) is 12.0. The molecule has 3 nitrogen and oxygen atoms in total. The lowest BCUT2D eigenvalue weighted by molar-refractivity contribution is -0.199. The minimum atomic E-state index is -0.694. The van der Waals surface area contributed by atoms with Crippen molar-refractivity contribution in [1.29, 1.82) is 0 Å². The molecular formula is C26H43FO3. The van der Waals surface area contributed by atoms with E-state index in [2.05, 4.69) is 27.7 Å². The Kier molecular flexibility index (Phi) is 6.05. The van der Waals surface area contributed by atoms with Crippen molar-refractivity contribution in [1.82, 2.24) is 0 Å². The van der Waals surface area contributed by atoms with Crippen LogP contribution in [0.2, 0.25) is 0 Å². The molecule has 11 atom stereocenters. The van der Waals surface area contributed by atoms with E-state index in [1.807, 2.05) is 0 Å². The van der Waals surface area contributed by atoms with Crippen molar-refractivity contribution in [2.45, 2.75) is 104 Å². The quantitative estimate of drug-likeness (QED) is 0.563. The van der Waals surface area contributed by atoms with E-state index >= 15 is 0 Å². The maximum absolute atomic E-state index is 14.4. The van der Waals surface area contributed by atoms with Crippen molar-refractivity contribution in [3.63, 3.8) is 0 Å². The van der Waals surface area contributed by atoms with Gasteiger partial charge in [-0.15, -0.1) is 0 Å². The first-order valence-electron chi connectivity index (χ1n) is 12.7. The number of carboxylic acids is 1. The molecule has 4 aliphatic carbocycles. The SMILES string of the molecule is CC[C@H]1[C@@H](O)[C@@H]2[C@H](CC[C@]3(C)C([C@H](C)CCC(=O)O)CC[C@@H]23)[C@@]2(C)CC[C@H](F)C[C@@H]12. The molecule has 2 N–H and O–H groups in total. The molecule has 0 amide bonds. The molecule has 0 spiro atoms. The summed E-state index contributed by atoms with van der Waals surface area (Å²) in [5.41, 5.74) is 0.375. The van der Waals surface area contributed by atoms with Crippen LogP contribution in [0.25, 0.3) is 0 Å². The minimum Gasteiger partial charge on any atom is -0.481 e. The average molecular weight is 423 g/mol. The van der Waals surface area contributed by atoms with Crippen molar-refractivity contribution in [3.8, 4) is 0 Å². The maximum Gasteiger partial charge on any atom is 0.303 e. The fraction of sp³-hybridized carbons (Fsp3) is 0.962. The highest BCUT2D eigenvalue weighted by Gasteiger charge is 2.64. The number of aliphatic hydroxyl groups is 1. The molecular weight excluding hydrogens is 379 g/mol. The molecule has 4 fully saturated rings. The second kappa shape index (κ2) is 8.05. The third kappa shape index (κ3) is 3.35. The number of hydrogen-bond donors (Lipinski definition) is 2. The van der Waals surface area contributed by atoms with E-state index in [0.29, 0.717) is 48.3 Å². The molecule has 30 heavy (non-hydrogen) atoms. The van der Waals surface area contributed by atoms with Crippen LogP contribution >= 0.6 is 0 Å². The summed E-state index contributed by atoms with van der Waals surface area (Å²) in [6.45, 7) is 9.31. The summed E-state index contributed by atoms with van der Waals surface area (Å²) in [6, 6.07) is 0. The molecule has 0 aromatic carbocycles. The van der Waals surface area contributed by atoms with Crippen molar-refractivity contribution >= 4 is 5.97 Å². The summed E-state index contributed by atoms with van der Waals surface area (Å²) in [4.78, 5) is 11.1. The summed E-state index contributed by atoms with van der Waals surface area (Å²) in [5.74, 6) is 2.20. The van der Waals surface area contributed by atoms with Gasteiger partial charge in [0.05, 0.1) is 6.10 Å². The van der Waals surface area contributed by atoms with Gasteiger partial charge in [0.2, 0.25) is 0 Å². The van der Waals surface area contributed by atoms with Gasteiger partial charge in [0, 0.05) is 6.42 Å². The normalized spacial score (nSPS) is 51.5. The van der Waals surface area contributed by atoms with Gasteiger partial charge in [-0.05, 0) is 104 Å². The van der Waals surface area contributed by atoms with E-state index in [9.17, 15) is 14.3 Å². The molecule has 0 aliphatic heterocycles. The number of fused-ring (bicyclic) bond motifs is 5. The van der Waals surface area contributed by atoms with Crippen LogP contribution in [-0.4, -0.2) is 28.5 Å². The molecule has 4 rings (SSSR count). The first kappa shape index (κ1) is 22.6. The summed E-state index contributed by atoms with van der Waals surface area (Å²) in [7, 11) is 0. The van der Waals surface area contributed by atoms with Gasteiger partial charge in [0.15, 0.2) is 0 Å². The topological polar surface area (TPSA) is 57.5 Å². The van der Waals surface area contributed by atoms with E-state index in [1.54, 1.807) is 0 Å². The van der Waals surface area contributed by atoms with Crippen LogP contribution in [0.15, 0.2) is 0 Å². The Morgan fingerprint density at radius 2 is 1.73 bits per heavy atom. The largest absolute Gasteiger partial charge is 0.481 e. The minimum absolute atomic E-state index is 0.168. The highest BCUT2D eigenvalue weighted by Crippen LogP contribution is 2.69. The Labute approximate surface area is 182 Å². The smallest absolute Gasteiger partial charge is 0.303 e. The summed E-state index contributed by atoms with van der Waals surface area (Å²) < 4.78 is 14.4. The molecule has 4 aliphatic rings. The van der Waals surface area contributed by atoms with Crippen molar-refractivity contribution < 1.29 is 19.4 Å². The zero-order valence-corrected chi connectivity index (χ0v) is 19.4. The standard InChI is InChI=1S/C26H43FO3/c1-5-17-21-14-16(27)10-12-26(21,4)20-11-13-25(3)18(15(2)6-9-22(28)29)7-8-19(25)23(20)24(17)30/h15-21,23-24,30H,5-14H2,1-4H3,(H,28,29)/t15-,16+,17-,18?,19+,20+,21+,23+,24-,25-,26-/m1/s1. The molecule has 4 heteroatoms. The summed E-state index contributed by atoms with van der Waals surface area (Å²) in [5, 5.41) is 20.8. The number of rotatable bonds is 5. The average Bonchev–Trinajstić information content (AvgIpc) is 3.05. The molecule has 172 valence electrons. The third-order valence-corrected chi connectivity index (χ3v) is 10.9. The Hall–Kier alpha value is -0.640. The van der Waals surface area contributed by atoms with E-state index in [1.165, 1.54) is 19.3 Å². The fourth-order valence-electron chi connectivity index (χ4n) is 9.46. The Bertz CT molecular complexity index is 652. The number of aliphatic hydroxyl groups excluding tert-OH is 1. The van der Waals surface area contributed by atoms with E-state index < -0.39 is 12.1 Å². The van der Waals surface area contributed by atoms with Crippen LogP contribution < -0.4 is 0 Å². The second-order valence-corrected chi connectivity index (χ2v) is 12.0. The van der Waals surface area contributed by atoms with Crippen LogP contribution in [0.4, 0.5) is 4.39 Å². The van der Waals surface area contributed by atoms with Gasteiger partial charge in [0.1, 0.15) is 6.17 Å². The van der Waals surface area contributed by atoms with E-state index in [4.69, 9.17) is 5.11 Å². The summed E-state index contributed by atoms with van der Waals surface area (Å²) >= 11 is 0. The molecule has 4 saturated carbocycles. The number of carbonyl (C=O) groups is 1. The van der Waals surface area contributed by atoms with Crippen molar-refractivity contribution in [2.75, 3.05) is 0 Å². The van der Waals surface area contributed by atoms with Gasteiger partial charge >= 0.3 is 5.97 Å². The maximum atomic E-state index is 14.4. The molecule has 0 heterocycles. The number of halogens is 1. The van der Waals surface area contributed by atoms with Crippen LogP contribution in [0.1, 0.15) is 91.9 Å². The Balaban J connectivity index is 1.61. The van der Waals surface area contributed by atoms with Gasteiger partial charge in [-0.2, -0.15) is 0 Å². The lowest BCUT2D eigenvalue weighted by atomic mass is 9.41. The molecule has 0 aromatic heterocycles. The monoisotopic (exact) mass is 422 g/mol. The zero-order valence-electron chi connectivity index (χ0n) is 19.4. The Morgan fingerprint density at radius 3 is 2.40 bits per heavy atom. The number of hydrogen-bond acceptors (Lipinski definition) is 2. The van der Waals surface area contributed by atoms with E-state index in [0.717, 1.165) is 25.7 Å². The first-order valence-corrected chi connectivity index (χ1v) is 12.7. The Morgan fingerprint density at radius 1 is 1.07 bits per heavy atom.